The van der Waals surface area contributed by atoms with Gasteiger partial charge in [0, 0.05) is 11.4 Å². The van der Waals surface area contributed by atoms with E-state index >= 15 is 0 Å². The Kier molecular flexibility index (Phi) is 3.75. The van der Waals surface area contributed by atoms with Gasteiger partial charge < -0.3 is 5.32 Å². The van der Waals surface area contributed by atoms with Crippen molar-refractivity contribution in [2.24, 2.45) is 0 Å². The summed E-state index contributed by atoms with van der Waals surface area (Å²) in [7, 11) is 0. The molecule has 0 unspecified atom stereocenters. The van der Waals surface area contributed by atoms with Crippen LogP contribution in [-0.4, -0.2) is 6.54 Å². The Labute approximate surface area is 101 Å². The van der Waals surface area contributed by atoms with Crippen molar-refractivity contribution in [1.29, 1.82) is 0 Å². The SMILES string of the molecule is CCNCc1ccc(C)cc1-c1cccs1. The zero-order chi connectivity index (χ0) is 11.4. The van der Waals surface area contributed by atoms with Crippen molar-refractivity contribution in [3.63, 3.8) is 0 Å². The number of benzene rings is 1. The lowest BCUT2D eigenvalue weighted by Gasteiger charge is -2.09. The summed E-state index contributed by atoms with van der Waals surface area (Å²) in [5.74, 6) is 0. The number of aryl methyl sites for hydroxylation is 1. The summed E-state index contributed by atoms with van der Waals surface area (Å²) in [6.07, 6.45) is 0. The van der Waals surface area contributed by atoms with Gasteiger partial charge in [0.25, 0.3) is 0 Å². The quantitative estimate of drug-likeness (QED) is 0.843. The molecular formula is C14H17NS. The Hall–Kier alpha value is -1.12. The number of thiophene rings is 1. The molecule has 0 bridgehead atoms. The van der Waals surface area contributed by atoms with Crippen LogP contribution in [-0.2, 0) is 6.54 Å². The molecule has 1 nitrogen and oxygen atoms in total. The van der Waals surface area contributed by atoms with Gasteiger partial charge in [-0.25, -0.2) is 0 Å². The number of hydrogen-bond acceptors (Lipinski definition) is 2. The lowest BCUT2D eigenvalue weighted by molar-refractivity contribution is 0.728. The predicted octanol–water partition coefficient (Wildman–Crippen LogP) is 3.83. The van der Waals surface area contributed by atoms with Crippen LogP contribution < -0.4 is 5.32 Å². The molecule has 0 fully saturated rings. The van der Waals surface area contributed by atoms with Gasteiger partial charge in [0.15, 0.2) is 0 Å². The standard InChI is InChI=1S/C14H17NS/c1-3-15-10-12-7-6-11(2)9-13(12)14-5-4-8-16-14/h4-9,15H,3,10H2,1-2H3. The number of nitrogens with one attached hydrogen (secondary N) is 1. The van der Waals surface area contributed by atoms with Crippen molar-refractivity contribution in [2.45, 2.75) is 20.4 Å². The van der Waals surface area contributed by atoms with Gasteiger partial charge in [-0.2, -0.15) is 0 Å². The molecule has 0 spiro atoms. The molecule has 2 rings (SSSR count). The summed E-state index contributed by atoms with van der Waals surface area (Å²) >= 11 is 1.80. The summed E-state index contributed by atoms with van der Waals surface area (Å²) in [5.41, 5.74) is 4.08. The van der Waals surface area contributed by atoms with E-state index in [0.29, 0.717) is 0 Å². The topological polar surface area (TPSA) is 12.0 Å². The van der Waals surface area contributed by atoms with Crippen molar-refractivity contribution in [3.05, 3.63) is 46.8 Å². The molecule has 1 heterocycles. The molecule has 1 aromatic heterocycles. The first-order valence-electron chi connectivity index (χ1n) is 5.65. The van der Waals surface area contributed by atoms with Crippen LogP contribution in [0.15, 0.2) is 35.7 Å². The molecule has 16 heavy (non-hydrogen) atoms. The van der Waals surface area contributed by atoms with Crippen molar-refractivity contribution in [2.75, 3.05) is 6.54 Å². The largest absolute Gasteiger partial charge is 0.313 e. The predicted molar refractivity (Wildman–Crippen MR) is 71.9 cm³/mol. The van der Waals surface area contributed by atoms with E-state index in [1.165, 1.54) is 21.6 Å². The molecular weight excluding hydrogens is 214 g/mol. The minimum Gasteiger partial charge on any atom is -0.313 e. The molecule has 0 amide bonds. The summed E-state index contributed by atoms with van der Waals surface area (Å²) in [4.78, 5) is 1.36. The van der Waals surface area contributed by atoms with Gasteiger partial charge in [0.1, 0.15) is 0 Å². The van der Waals surface area contributed by atoms with E-state index < -0.39 is 0 Å². The maximum atomic E-state index is 3.39. The third-order valence-electron chi connectivity index (χ3n) is 2.62. The second kappa shape index (κ2) is 5.28. The second-order valence-corrected chi connectivity index (χ2v) is 4.87. The molecule has 0 atom stereocenters. The average molecular weight is 231 g/mol. The van der Waals surface area contributed by atoms with Crippen molar-refractivity contribution in [3.8, 4) is 10.4 Å². The maximum Gasteiger partial charge on any atom is 0.0346 e. The molecule has 0 aliphatic heterocycles. The van der Waals surface area contributed by atoms with Crippen LogP contribution in [0.3, 0.4) is 0 Å². The maximum absolute atomic E-state index is 3.39. The van der Waals surface area contributed by atoms with Crippen LogP contribution >= 0.6 is 11.3 Å². The molecule has 0 saturated carbocycles. The van der Waals surface area contributed by atoms with Crippen LogP contribution in [0.1, 0.15) is 18.1 Å². The lowest BCUT2D eigenvalue weighted by Crippen LogP contribution is -2.12. The Morgan fingerprint density at radius 3 is 2.81 bits per heavy atom. The van der Waals surface area contributed by atoms with Crippen LogP contribution in [0.2, 0.25) is 0 Å². The monoisotopic (exact) mass is 231 g/mol. The zero-order valence-electron chi connectivity index (χ0n) is 9.79. The molecule has 84 valence electrons. The summed E-state index contributed by atoms with van der Waals surface area (Å²) in [6, 6.07) is 11.0. The highest BCUT2D eigenvalue weighted by molar-refractivity contribution is 7.13. The molecule has 1 aromatic carbocycles. The fourth-order valence-electron chi connectivity index (χ4n) is 1.77. The Bertz CT molecular complexity index is 446. The first kappa shape index (κ1) is 11.4. The first-order valence-corrected chi connectivity index (χ1v) is 6.53. The van der Waals surface area contributed by atoms with Crippen LogP contribution in [0.5, 0.6) is 0 Å². The van der Waals surface area contributed by atoms with E-state index in [-0.39, 0.29) is 0 Å². The second-order valence-electron chi connectivity index (χ2n) is 3.92. The Balaban J connectivity index is 2.37. The average Bonchev–Trinajstić information content (AvgIpc) is 2.80. The van der Waals surface area contributed by atoms with E-state index in [9.17, 15) is 0 Å². The highest BCUT2D eigenvalue weighted by Gasteiger charge is 2.05. The lowest BCUT2D eigenvalue weighted by atomic mass is 10.0. The zero-order valence-corrected chi connectivity index (χ0v) is 10.6. The van der Waals surface area contributed by atoms with Crippen LogP contribution in [0.4, 0.5) is 0 Å². The first-order chi connectivity index (χ1) is 7.81. The van der Waals surface area contributed by atoms with E-state index in [1.807, 2.05) is 0 Å². The van der Waals surface area contributed by atoms with Gasteiger partial charge in [0.05, 0.1) is 0 Å². The fourth-order valence-corrected chi connectivity index (χ4v) is 2.54. The molecule has 0 aliphatic rings. The summed E-state index contributed by atoms with van der Waals surface area (Å²) in [6.45, 7) is 6.24. The molecule has 2 aromatic rings. The van der Waals surface area contributed by atoms with Crippen LogP contribution in [0, 0.1) is 6.92 Å². The fraction of sp³-hybridized carbons (Fsp3) is 0.286. The van der Waals surface area contributed by atoms with E-state index in [0.717, 1.165) is 13.1 Å². The number of rotatable bonds is 4. The van der Waals surface area contributed by atoms with Crippen LogP contribution in [0.25, 0.3) is 10.4 Å². The molecule has 0 saturated heterocycles. The summed E-state index contributed by atoms with van der Waals surface area (Å²) < 4.78 is 0. The molecule has 0 aliphatic carbocycles. The van der Waals surface area contributed by atoms with Gasteiger partial charge in [-0.3, -0.25) is 0 Å². The van der Waals surface area contributed by atoms with Gasteiger partial charge in [-0.15, -0.1) is 11.3 Å². The highest BCUT2D eigenvalue weighted by atomic mass is 32.1. The molecule has 1 N–H and O–H groups in total. The minimum atomic E-state index is 0.948. The smallest absolute Gasteiger partial charge is 0.0346 e. The third kappa shape index (κ3) is 2.52. The minimum absolute atomic E-state index is 0.948. The van der Waals surface area contributed by atoms with Crippen molar-refractivity contribution < 1.29 is 0 Å². The molecule has 2 heteroatoms. The van der Waals surface area contributed by atoms with Gasteiger partial charge in [-0.1, -0.05) is 36.8 Å². The number of hydrogen-bond donors (Lipinski definition) is 1. The normalized spacial score (nSPS) is 10.6. The van der Waals surface area contributed by atoms with E-state index in [2.05, 4.69) is 54.9 Å². The van der Waals surface area contributed by atoms with E-state index in [4.69, 9.17) is 0 Å². The summed E-state index contributed by atoms with van der Waals surface area (Å²) in [5, 5.41) is 5.52. The van der Waals surface area contributed by atoms with Crippen molar-refractivity contribution >= 4 is 11.3 Å². The van der Waals surface area contributed by atoms with E-state index in [1.54, 1.807) is 11.3 Å². The Morgan fingerprint density at radius 1 is 1.25 bits per heavy atom. The molecule has 0 radical (unpaired) electrons. The Morgan fingerprint density at radius 2 is 2.12 bits per heavy atom. The highest BCUT2D eigenvalue weighted by Crippen LogP contribution is 2.28. The van der Waals surface area contributed by atoms with Crippen molar-refractivity contribution in [1.82, 2.24) is 5.32 Å². The third-order valence-corrected chi connectivity index (χ3v) is 3.52. The van der Waals surface area contributed by atoms with Gasteiger partial charge in [0.2, 0.25) is 0 Å². The van der Waals surface area contributed by atoms with Gasteiger partial charge in [-0.05, 0) is 36.0 Å². The van der Waals surface area contributed by atoms with Gasteiger partial charge >= 0.3 is 0 Å².